The van der Waals surface area contributed by atoms with E-state index in [1.54, 1.807) is 0 Å². The lowest BCUT2D eigenvalue weighted by molar-refractivity contribution is 0.674. The Morgan fingerprint density at radius 1 is 0.583 bits per heavy atom. The van der Waals surface area contributed by atoms with E-state index in [4.69, 9.17) is 4.42 Å². The summed E-state index contributed by atoms with van der Waals surface area (Å²) >= 11 is 0. The van der Waals surface area contributed by atoms with Crippen molar-refractivity contribution in [1.29, 1.82) is 0 Å². The summed E-state index contributed by atoms with van der Waals surface area (Å²) in [5.74, 6) is 0. The first-order valence-corrected chi connectivity index (χ1v) is 12.5. The SMILES string of the molecule is C1=CC(N(c2ccccc2)c2cc3c4cccc(-c5ccccc5)c4oc3c3ccccc23)=CCC1. The Morgan fingerprint density at radius 2 is 1.28 bits per heavy atom. The minimum absolute atomic E-state index is 0.934. The molecule has 0 bridgehead atoms. The fraction of sp³-hybridized carbons (Fsp3) is 0.0588. The number of furan rings is 1. The van der Waals surface area contributed by atoms with Gasteiger partial charge in [0.05, 0.1) is 5.69 Å². The highest BCUT2D eigenvalue weighted by Crippen LogP contribution is 2.44. The molecule has 0 saturated carbocycles. The lowest BCUT2D eigenvalue weighted by Gasteiger charge is -2.29. The standard InChI is InChI=1S/C34H25NO/c1-4-13-24(14-5-1)27-21-12-22-30-31-23-32(28-19-10-11-20-29(28)34(31)36-33(27)30)35(25-15-6-2-7-16-25)26-17-8-3-9-18-26/h1-2,4-8,10-23H,3,9H2. The first-order chi connectivity index (χ1) is 17.9. The van der Waals surface area contributed by atoms with Gasteiger partial charge in [0.1, 0.15) is 11.2 Å². The Labute approximate surface area is 210 Å². The summed E-state index contributed by atoms with van der Waals surface area (Å²) in [4.78, 5) is 2.39. The van der Waals surface area contributed by atoms with Gasteiger partial charge in [-0.3, -0.25) is 0 Å². The molecule has 0 saturated heterocycles. The fourth-order valence-corrected chi connectivity index (χ4v) is 5.40. The number of nitrogens with zero attached hydrogens (tertiary/aromatic N) is 1. The van der Waals surface area contributed by atoms with E-state index in [2.05, 4.69) is 132 Å². The number of allylic oxidation sites excluding steroid dienone is 3. The Morgan fingerprint density at radius 3 is 2.06 bits per heavy atom. The largest absolute Gasteiger partial charge is 0.455 e. The molecule has 0 amide bonds. The zero-order chi connectivity index (χ0) is 23.9. The van der Waals surface area contributed by atoms with Crippen LogP contribution in [0, 0.1) is 0 Å². The Kier molecular flexibility index (Phi) is 4.96. The van der Waals surface area contributed by atoms with E-state index >= 15 is 0 Å². The maximum Gasteiger partial charge on any atom is 0.143 e. The van der Waals surface area contributed by atoms with Crippen LogP contribution < -0.4 is 4.90 Å². The van der Waals surface area contributed by atoms with Gasteiger partial charge < -0.3 is 9.32 Å². The molecule has 2 nitrogen and oxygen atoms in total. The smallest absolute Gasteiger partial charge is 0.143 e. The summed E-state index contributed by atoms with van der Waals surface area (Å²) in [7, 11) is 0. The molecule has 0 fully saturated rings. The number of rotatable bonds is 4. The van der Waals surface area contributed by atoms with Crippen molar-refractivity contribution in [2.45, 2.75) is 12.8 Å². The lowest BCUT2D eigenvalue weighted by atomic mass is 9.99. The third-order valence-electron chi connectivity index (χ3n) is 7.06. The molecule has 0 N–H and O–H groups in total. The van der Waals surface area contributed by atoms with Crippen LogP contribution in [0.2, 0.25) is 0 Å². The molecule has 1 aliphatic carbocycles. The molecule has 5 aromatic carbocycles. The summed E-state index contributed by atoms with van der Waals surface area (Å²) in [5.41, 5.74) is 7.67. The molecule has 0 spiro atoms. The van der Waals surface area contributed by atoms with Gasteiger partial charge in [-0.15, -0.1) is 0 Å². The third kappa shape index (κ3) is 3.34. The van der Waals surface area contributed by atoms with E-state index < -0.39 is 0 Å². The van der Waals surface area contributed by atoms with Crippen molar-refractivity contribution in [1.82, 2.24) is 0 Å². The average Bonchev–Trinajstić information content (AvgIpc) is 3.34. The maximum absolute atomic E-state index is 6.69. The molecular weight excluding hydrogens is 438 g/mol. The molecule has 7 rings (SSSR count). The molecule has 6 aromatic rings. The predicted molar refractivity (Wildman–Crippen MR) is 152 cm³/mol. The first kappa shape index (κ1) is 20.8. The van der Waals surface area contributed by atoms with Crippen molar-refractivity contribution in [3.63, 3.8) is 0 Å². The second-order valence-electron chi connectivity index (χ2n) is 9.25. The minimum atomic E-state index is 0.934. The second kappa shape index (κ2) is 8.58. The van der Waals surface area contributed by atoms with Crippen molar-refractivity contribution < 1.29 is 4.42 Å². The summed E-state index contributed by atoms with van der Waals surface area (Å²) in [6, 6.07) is 38.5. The Balaban J connectivity index is 1.57. The van der Waals surface area contributed by atoms with Crippen LogP contribution in [0.15, 0.2) is 138 Å². The van der Waals surface area contributed by atoms with Crippen LogP contribution in [0.3, 0.4) is 0 Å². The van der Waals surface area contributed by atoms with Gasteiger partial charge in [0.25, 0.3) is 0 Å². The molecule has 172 valence electrons. The van der Waals surface area contributed by atoms with Crippen molar-refractivity contribution in [2.24, 2.45) is 0 Å². The van der Waals surface area contributed by atoms with Gasteiger partial charge in [-0.25, -0.2) is 0 Å². The highest BCUT2D eigenvalue weighted by atomic mass is 16.3. The number of benzene rings is 5. The molecule has 0 unspecified atom stereocenters. The number of para-hydroxylation sites is 2. The third-order valence-corrected chi connectivity index (χ3v) is 7.06. The highest BCUT2D eigenvalue weighted by Gasteiger charge is 2.21. The van der Waals surface area contributed by atoms with Crippen LogP contribution in [0.25, 0.3) is 43.8 Å². The highest BCUT2D eigenvalue weighted by molar-refractivity contribution is 6.20. The Hall–Kier alpha value is -4.56. The summed E-state index contributed by atoms with van der Waals surface area (Å²) in [6.07, 6.45) is 8.99. The zero-order valence-electron chi connectivity index (χ0n) is 19.9. The quantitative estimate of drug-likeness (QED) is 0.259. The van der Waals surface area contributed by atoms with Crippen molar-refractivity contribution in [3.8, 4) is 11.1 Å². The van der Waals surface area contributed by atoms with E-state index in [1.807, 2.05) is 0 Å². The molecule has 0 aliphatic heterocycles. The zero-order valence-corrected chi connectivity index (χ0v) is 19.9. The van der Waals surface area contributed by atoms with Crippen LogP contribution in [0.5, 0.6) is 0 Å². The second-order valence-corrected chi connectivity index (χ2v) is 9.25. The molecule has 1 heterocycles. The van der Waals surface area contributed by atoms with Crippen molar-refractivity contribution >= 4 is 44.1 Å². The van der Waals surface area contributed by atoms with Crippen LogP contribution in [0.4, 0.5) is 11.4 Å². The molecule has 2 heteroatoms. The van der Waals surface area contributed by atoms with Gasteiger partial charge in [0, 0.05) is 38.5 Å². The number of hydrogen-bond acceptors (Lipinski definition) is 2. The van der Waals surface area contributed by atoms with Crippen LogP contribution in [-0.2, 0) is 0 Å². The van der Waals surface area contributed by atoms with Crippen molar-refractivity contribution in [2.75, 3.05) is 4.90 Å². The van der Waals surface area contributed by atoms with E-state index in [0.717, 1.165) is 62.7 Å². The van der Waals surface area contributed by atoms with Gasteiger partial charge in [0.2, 0.25) is 0 Å². The molecule has 1 aliphatic rings. The molecule has 36 heavy (non-hydrogen) atoms. The van der Waals surface area contributed by atoms with Gasteiger partial charge in [-0.1, -0.05) is 103 Å². The number of fused-ring (bicyclic) bond motifs is 5. The van der Waals surface area contributed by atoms with Gasteiger partial charge in [0.15, 0.2) is 0 Å². The normalized spacial score (nSPS) is 13.4. The number of hydrogen-bond donors (Lipinski definition) is 0. The maximum atomic E-state index is 6.69. The summed E-state index contributed by atoms with van der Waals surface area (Å²) in [6.45, 7) is 0. The topological polar surface area (TPSA) is 16.4 Å². The number of anilines is 2. The first-order valence-electron chi connectivity index (χ1n) is 12.5. The van der Waals surface area contributed by atoms with Crippen molar-refractivity contribution in [3.05, 3.63) is 133 Å². The van der Waals surface area contributed by atoms with Crippen LogP contribution in [0.1, 0.15) is 12.8 Å². The molecule has 1 aromatic heterocycles. The van der Waals surface area contributed by atoms with E-state index in [9.17, 15) is 0 Å². The van der Waals surface area contributed by atoms with Crippen LogP contribution in [-0.4, -0.2) is 0 Å². The molecular formula is C34H25NO. The molecule has 0 radical (unpaired) electrons. The monoisotopic (exact) mass is 463 g/mol. The predicted octanol–water partition coefficient (Wildman–Crippen LogP) is 9.78. The van der Waals surface area contributed by atoms with Gasteiger partial charge in [-0.05, 0) is 42.7 Å². The van der Waals surface area contributed by atoms with Crippen LogP contribution >= 0.6 is 0 Å². The summed E-state index contributed by atoms with van der Waals surface area (Å²) in [5, 5.41) is 4.58. The van der Waals surface area contributed by atoms with Gasteiger partial charge >= 0.3 is 0 Å². The lowest BCUT2D eigenvalue weighted by Crippen LogP contribution is -2.16. The van der Waals surface area contributed by atoms with E-state index in [-0.39, 0.29) is 0 Å². The summed E-state index contributed by atoms with van der Waals surface area (Å²) < 4.78 is 6.69. The minimum Gasteiger partial charge on any atom is -0.455 e. The average molecular weight is 464 g/mol. The molecule has 0 atom stereocenters. The Bertz CT molecular complexity index is 1770. The van der Waals surface area contributed by atoms with E-state index in [1.165, 1.54) is 11.1 Å². The fourth-order valence-electron chi connectivity index (χ4n) is 5.40. The van der Waals surface area contributed by atoms with Gasteiger partial charge in [-0.2, -0.15) is 0 Å². The van der Waals surface area contributed by atoms with E-state index in [0.29, 0.717) is 0 Å².